The fourth-order valence-electron chi connectivity index (χ4n) is 2.79. The van der Waals surface area contributed by atoms with E-state index in [1.165, 1.54) is 6.26 Å². The standard InChI is InChI=1S/C13H14N4O3/c1-6-9(12(18)16-14-6)11(8-4-3-5-20-8)10-7(2)15-17-13(10)19/h3-5,9-11H,1-2H3,(H,16,18)(H,17,19). The molecule has 0 aromatic carbocycles. The summed E-state index contributed by atoms with van der Waals surface area (Å²) < 4.78 is 5.44. The van der Waals surface area contributed by atoms with Gasteiger partial charge in [-0.2, -0.15) is 10.2 Å². The first kappa shape index (κ1) is 12.6. The molecule has 2 N–H and O–H groups in total. The van der Waals surface area contributed by atoms with Gasteiger partial charge in [0.1, 0.15) is 5.76 Å². The van der Waals surface area contributed by atoms with Gasteiger partial charge in [-0.25, -0.2) is 10.9 Å². The van der Waals surface area contributed by atoms with Crippen LogP contribution in [0.25, 0.3) is 0 Å². The number of amides is 2. The van der Waals surface area contributed by atoms with Crippen LogP contribution in [0.15, 0.2) is 33.0 Å². The summed E-state index contributed by atoms with van der Waals surface area (Å²) in [6, 6.07) is 3.50. The van der Waals surface area contributed by atoms with Gasteiger partial charge in [0.05, 0.1) is 24.0 Å². The average Bonchev–Trinajstić information content (AvgIpc) is 3.11. The molecule has 0 aliphatic carbocycles. The maximum Gasteiger partial charge on any atom is 0.249 e. The van der Waals surface area contributed by atoms with Crippen molar-refractivity contribution in [3.8, 4) is 0 Å². The fourth-order valence-corrected chi connectivity index (χ4v) is 2.79. The second-order valence-corrected chi connectivity index (χ2v) is 4.96. The first-order chi connectivity index (χ1) is 9.59. The van der Waals surface area contributed by atoms with Gasteiger partial charge in [0.2, 0.25) is 11.8 Å². The molecule has 7 heteroatoms. The minimum Gasteiger partial charge on any atom is -0.469 e. The molecule has 0 fully saturated rings. The Hall–Kier alpha value is -2.44. The number of hydrazone groups is 2. The lowest BCUT2D eigenvalue weighted by molar-refractivity contribution is -0.125. The van der Waals surface area contributed by atoms with Gasteiger partial charge in [0.15, 0.2) is 0 Å². The summed E-state index contributed by atoms with van der Waals surface area (Å²) in [5.74, 6) is -1.37. The van der Waals surface area contributed by atoms with E-state index in [9.17, 15) is 9.59 Å². The molecule has 3 heterocycles. The van der Waals surface area contributed by atoms with Crippen molar-refractivity contribution < 1.29 is 14.0 Å². The highest BCUT2D eigenvalue weighted by Gasteiger charge is 2.47. The number of carbonyl (C=O) groups is 2. The van der Waals surface area contributed by atoms with Crippen LogP contribution < -0.4 is 10.9 Å². The van der Waals surface area contributed by atoms with Crippen LogP contribution in [0.1, 0.15) is 25.5 Å². The van der Waals surface area contributed by atoms with E-state index in [1.807, 2.05) is 0 Å². The number of hydrogen-bond donors (Lipinski definition) is 2. The van der Waals surface area contributed by atoms with Crippen LogP contribution in [0, 0.1) is 11.8 Å². The molecule has 0 saturated heterocycles. The minimum absolute atomic E-state index is 0.226. The van der Waals surface area contributed by atoms with E-state index in [4.69, 9.17) is 4.42 Å². The molecule has 104 valence electrons. The maximum absolute atomic E-state index is 12.1. The Morgan fingerprint density at radius 2 is 1.65 bits per heavy atom. The molecule has 20 heavy (non-hydrogen) atoms. The molecule has 0 bridgehead atoms. The second kappa shape index (κ2) is 4.59. The number of nitrogens with one attached hydrogen (secondary N) is 2. The van der Waals surface area contributed by atoms with Crippen LogP contribution in [-0.2, 0) is 9.59 Å². The van der Waals surface area contributed by atoms with Crippen LogP contribution >= 0.6 is 0 Å². The summed E-state index contributed by atoms with van der Waals surface area (Å²) in [7, 11) is 0. The van der Waals surface area contributed by atoms with E-state index in [0.717, 1.165) is 0 Å². The SMILES string of the molecule is CC1=NNC(=O)C1C(c1ccco1)C1C(=O)NN=C1C. The van der Waals surface area contributed by atoms with Crippen molar-refractivity contribution in [2.24, 2.45) is 22.0 Å². The minimum atomic E-state index is -0.528. The van der Waals surface area contributed by atoms with Gasteiger partial charge in [-0.3, -0.25) is 9.59 Å². The lowest BCUT2D eigenvalue weighted by Gasteiger charge is -2.24. The van der Waals surface area contributed by atoms with Crippen molar-refractivity contribution in [1.82, 2.24) is 10.9 Å². The van der Waals surface area contributed by atoms with Crippen LogP contribution in [0.2, 0.25) is 0 Å². The number of rotatable bonds is 3. The molecule has 0 radical (unpaired) electrons. The van der Waals surface area contributed by atoms with Gasteiger partial charge < -0.3 is 4.42 Å². The monoisotopic (exact) mass is 274 g/mol. The summed E-state index contributed by atoms with van der Waals surface area (Å²) in [5.41, 5.74) is 6.19. The molecule has 2 aliphatic heterocycles. The topological polar surface area (TPSA) is 96.1 Å². The highest BCUT2D eigenvalue weighted by molar-refractivity contribution is 6.12. The van der Waals surface area contributed by atoms with E-state index < -0.39 is 17.8 Å². The maximum atomic E-state index is 12.1. The van der Waals surface area contributed by atoms with Crippen LogP contribution in [0.4, 0.5) is 0 Å². The van der Waals surface area contributed by atoms with E-state index in [0.29, 0.717) is 17.2 Å². The lowest BCUT2D eigenvalue weighted by Crippen LogP contribution is -2.38. The highest BCUT2D eigenvalue weighted by atomic mass is 16.3. The Morgan fingerprint density at radius 3 is 2.00 bits per heavy atom. The number of hydrogen-bond acceptors (Lipinski definition) is 5. The molecule has 2 amide bonds. The van der Waals surface area contributed by atoms with E-state index >= 15 is 0 Å². The molecule has 2 aliphatic rings. The Balaban J connectivity index is 2.06. The summed E-state index contributed by atoms with van der Waals surface area (Å²) in [6.07, 6.45) is 1.53. The third kappa shape index (κ3) is 1.82. The zero-order chi connectivity index (χ0) is 14.3. The summed E-state index contributed by atoms with van der Waals surface area (Å²) in [5, 5.41) is 7.91. The van der Waals surface area contributed by atoms with Crippen LogP contribution in [-0.4, -0.2) is 23.2 Å². The van der Waals surface area contributed by atoms with Gasteiger partial charge in [-0.1, -0.05) is 0 Å². The normalized spacial score (nSPS) is 26.9. The van der Waals surface area contributed by atoms with Gasteiger partial charge in [-0.05, 0) is 26.0 Å². The van der Waals surface area contributed by atoms with E-state index in [-0.39, 0.29) is 11.8 Å². The third-order valence-electron chi connectivity index (χ3n) is 3.74. The van der Waals surface area contributed by atoms with Gasteiger partial charge in [-0.15, -0.1) is 0 Å². The van der Waals surface area contributed by atoms with E-state index in [1.54, 1.807) is 26.0 Å². The number of furan rings is 1. The van der Waals surface area contributed by atoms with E-state index in [2.05, 4.69) is 21.1 Å². The van der Waals surface area contributed by atoms with Crippen molar-refractivity contribution in [3.05, 3.63) is 24.2 Å². The molecule has 7 nitrogen and oxygen atoms in total. The molecule has 2 atom stereocenters. The zero-order valence-corrected chi connectivity index (χ0v) is 11.1. The van der Waals surface area contributed by atoms with Crippen LogP contribution in [0.5, 0.6) is 0 Å². The zero-order valence-electron chi connectivity index (χ0n) is 11.1. The number of nitrogens with zero attached hydrogens (tertiary/aromatic N) is 2. The van der Waals surface area contributed by atoms with Crippen molar-refractivity contribution in [2.45, 2.75) is 19.8 Å². The molecule has 0 saturated carbocycles. The lowest BCUT2D eigenvalue weighted by atomic mass is 9.75. The smallest absolute Gasteiger partial charge is 0.249 e. The molecule has 1 aromatic heterocycles. The van der Waals surface area contributed by atoms with Crippen molar-refractivity contribution in [1.29, 1.82) is 0 Å². The first-order valence-corrected chi connectivity index (χ1v) is 6.31. The van der Waals surface area contributed by atoms with Gasteiger partial charge in [0, 0.05) is 11.4 Å². The van der Waals surface area contributed by atoms with Crippen LogP contribution in [0.3, 0.4) is 0 Å². The second-order valence-electron chi connectivity index (χ2n) is 4.96. The molecule has 1 aromatic rings. The molecular weight excluding hydrogens is 260 g/mol. The first-order valence-electron chi connectivity index (χ1n) is 6.31. The fraction of sp³-hybridized carbons (Fsp3) is 0.385. The molecule has 0 spiro atoms. The number of carbonyl (C=O) groups excluding carboxylic acids is 2. The molecule has 3 rings (SSSR count). The predicted molar refractivity (Wildman–Crippen MR) is 70.9 cm³/mol. The highest BCUT2D eigenvalue weighted by Crippen LogP contribution is 2.37. The quantitative estimate of drug-likeness (QED) is 0.845. The Bertz CT molecular complexity index is 580. The summed E-state index contributed by atoms with van der Waals surface area (Å²) in [6.45, 7) is 3.52. The molecular formula is C13H14N4O3. The largest absolute Gasteiger partial charge is 0.469 e. The third-order valence-corrected chi connectivity index (χ3v) is 3.74. The van der Waals surface area contributed by atoms with Crippen molar-refractivity contribution in [2.75, 3.05) is 0 Å². The Morgan fingerprint density at radius 1 is 1.10 bits per heavy atom. The average molecular weight is 274 g/mol. The van der Waals surface area contributed by atoms with Crippen molar-refractivity contribution in [3.63, 3.8) is 0 Å². The molecule has 2 unspecified atom stereocenters. The predicted octanol–water partition coefficient (Wildman–Crippen LogP) is 0.607. The van der Waals surface area contributed by atoms with Crippen molar-refractivity contribution >= 4 is 23.2 Å². The van der Waals surface area contributed by atoms with Gasteiger partial charge in [0.25, 0.3) is 0 Å². The Kier molecular flexibility index (Phi) is 2.89. The summed E-state index contributed by atoms with van der Waals surface area (Å²) in [4.78, 5) is 24.1. The summed E-state index contributed by atoms with van der Waals surface area (Å²) >= 11 is 0. The van der Waals surface area contributed by atoms with Gasteiger partial charge >= 0.3 is 0 Å². The Labute approximate surface area is 115 Å².